The number of benzene rings is 4. The molecule has 17 heteroatoms. The first-order chi connectivity index (χ1) is 26.3. The number of nitrogens with one attached hydrogen (secondary N) is 1. The van der Waals surface area contributed by atoms with E-state index < -0.39 is 20.9 Å². The molecule has 6 aromatic rings. The number of carbonyl (C=O) groups is 2. The third-order valence-electron chi connectivity index (χ3n) is 10.1. The lowest BCUT2D eigenvalue weighted by Gasteiger charge is -2.35. The van der Waals surface area contributed by atoms with Gasteiger partial charge >= 0.3 is 0 Å². The number of pyridine rings is 1. The number of anilines is 1. The standard InChI is InChI=1S/C37H35N7O6.CH4O3S/c1-50-25-7-10-31-27(21-25)35(45)33-29(8-9-30-34(33)43(31)22-39-30)38-11-3-12-40-15-17-41(18-16-40)13-4-14-42-36(46)26-6-2-5-23-19-24(44(48)49)20-28(32(23)26)37(42)47;1-5(2,3)4/h2,5-10,19-22,38H,3-4,11-18H2,1H3;1H3,(H,2,3,4). The van der Waals surface area contributed by atoms with Crippen LogP contribution >= 0.6 is 0 Å². The van der Waals surface area contributed by atoms with Crippen molar-refractivity contribution in [3.8, 4) is 5.75 Å². The van der Waals surface area contributed by atoms with Gasteiger partial charge in [0, 0.05) is 68.0 Å². The molecule has 4 aromatic carbocycles. The number of imidazole rings is 1. The van der Waals surface area contributed by atoms with E-state index in [1.54, 1.807) is 37.7 Å². The van der Waals surface area contributed by atoms with Gasteiger partial charge in [-0.3, -0.25) is 38.4 Å². The number of nitrogens with zero attached hydrogens (tertiary/aromatic N) is 6. The van der Waals surface area contributed by atoms with Gasteiger partial charge in [-0.15, -0.1) is 0 Å². The summed E-state index contributed by atoms with van der Waals surface area (Å²) in [6, 6.07) is 17.1. The van der Waals surface area contributed by atoms with E-state index in [2.05, 4.69) is 20.1 Å². The number of nitro groups is 1. The SMILES string of the molecule is COc1ccc2c(c1)c(=O)c1c(NCCCN3CCN(CCCN4C(=O)c5cccc6cc([N+](=O)[O-])cc(c56)C4=O)CC3)ccc3ncn2c31.CS(=O)(=O)O. The van der Waals surface area contributed by atoms with E-state index >= 15 is 0 Å². The summed E-state index contributed by atoms with van der Waals surface area (Å²) in [5.74, 6) is -0.205. The van der Waals surface area contributed by atoms with Gasteiger partial charge in [-0.1, -0.05) is 12.1 Å². The Morgan fingerprint density at radius 1 is 0.891 bits per heavy atom. The molecule has 0 saturated carbocycles. The molecule has 0 bridgehead atoms. The minimum Gasteiger partial charge on any atom is -0.497 e. The Balaban J connectivity index is 0.000000875. The third-order valence-corrected chi connectivity index (χ3v) is 10.1. The highest BCUT2D eigenvalue weighted by Gasteiger charge is 2.34. The van der Waals surface area contributed by atoms with E-state index in [0.717, 1.165) is 67.9 Å². The molecule has 0 atom stereocenters. The van der Waals surface area contributed by atoms with Crippen molar-refractivity contribution in [2.75, 3.05) is 71.0 Å². The lowest BCUT2D eigenvalue weighted by Crippen LogP contribution is -2.48. The van der Waals surface area contributed by atoms with Gasteiger partial charge in [-0.05, 0) is 67.7 Å². The smallest absolute Gasteiger partial charge is 0.270 e. The summed E-state index contributed by atoms with van der Waals surface area (Å²) in [7, 11) is -2.08. The van der Waals surface area contributed by atoms with Crippen molar-refractivity contribution in [1.29, 1.82) is 0 Å². The molecule has 1 saturated heterocycles. The zero-order valence-corrected chi connectivity index (χ0v) is 31.0. The number of fused-ring (bicyclic) bond motifs is 2. The monoisotopic (exact) mass is 769 g/mol. The molecule has 2 aliphatic rings. The van der Waals surface area contributed by atoms with Gasteiger partial charge in [0.15, 0.2) is 5.43 Å². The molecule has 286 valence electrons. The maximum absolute atomic E-state index is 13.7. The van der Waals surface area contributed by atoms with E-state index in [4.69, 9.17) is 9.29 Å². The van der Waals surface area contributed by atoms with Gasteiger partial charge in [0.2, 0.25) is 0 Å². The number of hydrogen-bond donors (Lipinski definition) is 2. The molecular formula is C38H39N7O9S. The van der Waals surface area contributed by atoms with Crippen LogP contribution in [0.2, 0.25) is 0 Å². The van der Waals surface area contributed by atoms with Crippen LogP contribution in [-0.2, 0) is 10.1 Å². The summed E-state index contributed by atoms with van der Waals surface area (Å²) in [6.07, 6.45) is 3.99. The van der Waals surface area contributed by atoms with Gasteiger partial charge in [-0.25, -0.2) is 4.98 Å². The Morgan fingerprint density at radius 3 is 2.27 bits per heavy atom. The van der Waals surface area contributed by atoms with Crippen LogP contribution in [0.15, 0.2) is 71.8 Å². The zero-order chi connectivity index (χ0) is 39.0. The number of piperazine rings is 1. The molecule has 2 aliphatic heterocycles. The highest BCUT2D eigenvalue weighted by molar-refractivity contribution is 7.85. The summed E-state index contributed by atoms with van der Waals surface area (Å²) >= 11 is 0. The summed E-state index contributed by atoms with van der Waals surface area (Å²) in [4.78, 5) is 61.8. The second-order valence-electron chi connectivity index (χ2n) is 13.6. The fourth-order valence-corrected chi connectivity index (χ4v) is 7.50. The summed E-state index contributed by atoms with van der Waals surface area (Å²) in [5, 5.41) is 17.2. The second kappa shape index (κ2) is 15.2. The van der Waals surface area contributed by atoms with E-state index in [-0.39, 0.29) is 29.1 Å². The summed E-state index contributed by atoms with van der Waals surface area (Å²) in [6.45, 7) is 6.20. The fraction of sp³-hybridized carbons (Fsp3) is 0.316. The molecule has 1 fully saturated rings. The van der Waals surface area contributed by atoms with Crippen LogP contribution in [0.4, 0.5) is 11.4 Å². The van der Waals surface area contributed by atoms with Gasteiger partial charge in [-0.2, -0.15) is 8.42 Å². The lowest BCUT2D eigenvalue weighted by atomic mass is 9.93. The first-order valence-corrected chi connectivity index (χ1v) is 19.6. The highest BCUT2D eigenvalue weighted by atomic mass is 32.2. The van der Waals surface area contributed by atoms with Crippen LogP contribution in [0.25, 0.3) is 38.1 Å². The molecule has 2 aromatic heterocycles. The number of rotatable bonds is 11. The maximum atomic E-state index is 13.7. The molecule has 0 radical (unpaired) electrons. The Hall–Kier alpha value is -5.75. The van der Waals surface area contributed by atoms with Crippen LogP contribution in [0, 0.1) is 10.1 Å². The van der Waals surface area contributed by atoms with E-state index in [9.17, 15) is 32.9 Å². The summed E-state index contributed by atoms with van der Waals surface area (Å²) < 4.78 is 33.2. The lowest BCUT2D eigenvalue weighted by molar-refractivity contribution is -0.384. The van der Waals surface area contributed by atoms with E-state index in [1.807, 2.05) is 28.7 Å². The van der Waals surface area contributed by atoms with Crippen molar-refractivity contribution in [3.63, 3.8) is 0 Å². The summed E-state index contributed by atoms with van der Waals surface area (Å²) in [5.41, 5.74) is 3.59. The van der Waals surface area contributed by atoms with Crippen LogP contribution in [-0.4, -0.2) is 120 Å². The molecule has 2 amide bonds. The number of imide groups is 1. The van der Waals surface area contributed by atoms with Crippen LogP contribution < -0.4 is 15.5 Å². The minimum absolute atomic E-state index is 0.0451. The number of ether oxygens (including phenoxy) is 1. The zero-order valence-electron chi connectivity index (χ0n) is 30.2. The molecule has 4 heterocycles. The number of carbonyl (C=O) groups excluding carboxylic acids is 2. The topological polar surface area (TPSA) is 197 Å². The number of amides is 2. The normalized spacial score (nSPS) is 15.2. The molecule has 2 N–H and O–H groups in total. The number of hydrogen-bond acceptors (Lipinski definition) is 12. The first-order valence-electron chi connectivity index (χ1n) is 17.7. The largest absolute Gasteiger partial charge is 0.497 e. The first kappa shape index (κ1) is 37.6. The van der Waals surface area contributed by atoms with Crippen molar-refractivity contribution in [3.05, 3.63) is 98.5 Å². The predicted molar refractivity (Wildman–Crippen MR) is 208 cm³/mol. The van der Waals surface area contributed by atoms with Gasteiger partial charge < -0.3 is 19.9 Å². The van der Waals surface area contributed by atoms with Gasteiger partial charge in [0.05, 0.1) is 51.2 Å². The molecular weight excluding hydrogens is 731 g/mol. The van der Waals surface area contributed by atoms with Crippen LogP contribution in [0.5, 0.6) is 5.75 Å². The van der Waals surface area contributed by atoms with Crippen molar-refractivity contribution in [2.45, 2.75) is 12.8 Å². The fourth-order valence-electron chi connectivity index (χ4n) is 7.50. The average molecular weight is 770 g/mol. The van der Waals surface area contributed by atoms with Crippen molar-refractivity contribution >= 4 is 71.4 Å². The number of nitro benzene ring substituents is 1. The average Bonchev–Trinajstić information content (AvgIpc) is 3.60. The highest BCUT2D eigenvalue weighted by Crippen LogP contribution is 2.34. The van der Waals surface area contributed by atoms with Gasteiger partial charge in [0.25, 0.3) is 27.6 Å². The van der Waals surface area contributed by atoms with E-state index in [0.29, 0.717) is 52.1 Å². The Labute approximate surface area is 315 Å². The predicted octanol–water partition coefficient (Wildman–Crippen LogP) is 4.12. The van der Waals surface area contributed by atoms with Gasteiger partial charge in [0.1, 0.15) is 12.1 Å². The third kappa shape index (κ3) is 7.64. The van der Waals surface area contributed by atoms with Crippen molar-refractivity contribution in [2.24, 2.45) is 0 Å². The van der Waals surface area contributed by atoms with Crippen molar-refractivity contribution in [1.82, 2.24) is 24.1 Å². The molecule has 8 rings (SSSR count). The number of non-ortho nitro benzene ring substituents is 1. The second-order valence-corrected chi connectivity index (χ2v) is 15.1. The molecule has 55 heavy (non-hydrogen) atoms. The quantitative estimate of drug-likeness (QED) is 0.0477. The number of methoxy groups -OCH3 is 1. The maximum Gasteiger partial charge on any atom is 0.270 e. The Morgan fingerprint density at radius 2 is 1.58 bits per heavy atom. The number of aromatic nitrogens is 2. The molecule has 0 unspecified atom stereocenters. The van der Waals surface area contributed by atoms with Crippen LogP contribution in [0.3, 0.4) is 0 Å². The van der Waals surface area contributed by atoms with Crippen molar-refractivity contribution < 1.29 is 32.2 Å². The van der Waals surface area contributed by atoms with E-state index in [1.165, 1.54) is 17.0 Å². The van der Waals surface area contributed by atoms with Crippen LogP contribution in [0.1, 0.15) is 33.6 Å². The minimum atomic E-state index is -3.67. The molecule has 0 aliphatic carbocycles. The molecule has 0 spiro atoms. The Kier molecular flexibility index (Phi) is 10.4. The molecule has 16 nitrogen and oxygen atoms in total. The Bertz CT molecular complexity index is 2630.